The maximum absolute atomic E-state index is 13.2. The molecule has 0 saturated heterocycles. The van der Waals surface area contributed by atoms with Gasteiger partial charge >= 0.3 is 0 Å². The summed E-state index contributed by atoms with van der Waals surface area (Å²) in [6, 6.07) is 6.45. The molecule has 1 aromatic heterocycles. The van der Waals surface area contributed by atoms with Crippen LogP contribution in [0.15, 0.2) is 24.3 Å². The van der Waals surface area contributed by atoms with Gasteiger partial charge in [0, 0.05) is 17.7 Å². The summed E-state index contributed by atoms with van der Waals surface area (Å²) in [7, 11) is 0. The summed E-state index contributed by atoms with van der Waals surface area (Å²) in [5.41, 5.74) is 5.33. The number of nitrogen functional groups attached to an aromatic ring is 1. The maximum atomic E-state index is 13.2. The van der Waals surface area contributed by atoms with Gasteiger partial charge in [0.05, 0.1) is 0 Å². The van der Waals surface area contributed by atoms with Crippen LogP contribution in [0.2, 0.25) is 0 Å². The van der Waals surface area contributed by atoms with Gasteiger partial charge in [-0.15, -0.1) is 0 Å². The van der Waals surface area contributed by atoms with Crippen molar-refractivity contribution in [2.75, 3.05) is 5.43 Å². The zero-order chi connectivity index (χ0) is 13.8. The van der Waals surface area contributed by atoms with E-state index >= 15 is 0 Å². The number of hydrazine groups is 1. The Morgan fingerprint density at radius 3 is 2.74 bits per heavy atom. The zero-order valence-corrected chi connectivity index (χ0v) is 11.1. The van der Waals surface area contributed by atoms with Crippen LogP contribution < -0.4 is 11.3 Å². The van der Waals surface area contributed by atoms with Crippen molar-refractivity contribution < 1.29 is 4.39 Å². The molecular weight excluding hydrogens is 243 g/mol. The van der Waals surface area contributed by atoms with Gasteiger partial charge in [0.2, 0.25) is 0 Å². The van der Waals surface area contributed by atoms with Gasteiger partial charge in [0.25, 0.3) is 0 Å². The third-order valence-electron chi connectivity index (χ3n) is 3.02. The second-order valence-corrected chi connectivity index (χ2v) is 4.36. The summed E-state index contributed by atoms with van der Waals surface area (Å²) in [5.74, 6) is 6.47. The Morgan fingerprint density at radius 2 is 2.11 bits per heavy atom. The fraction of sp³-hybridized carbons (Fsp3) is 0.286. The van der Waals surface area contributed by atoms with Gasteiger partial charge in [-0.25, -0.2) is 20.2 Å². The number of rotatable bonds is 4. The molecule has 0 bridgehead atoms. The smallest absolute Gasteiger partial charge is 0.146 e. The van der Waals surface area contributed by atoms with E-state index < -0.39 is 0 Å². The number of aromatic nitrogens is 2. The Balaban J connectivity index is 2.35. The first kappa shape index (κ1) is 13.4. The normalized spacial score (nSPS) is 10.5. The molecule has 2 aromatic rings. The number of hydrogen-bond acceptors (Lipinski definition) is 4. The molecule has 0 amide bonds. The number of halogens is 1. The first-order valence-electron chi connectivity index (χ1n) is 6.21. The van der Waals surface area contributed by atoms with Crippen LogP contribution in [-0.4, -0.2) is 9.97 Å². The van der Waals surface area contributed by atoms with Crippen molar-refractivity contribution in [1.82, 2.24) is 9.97 Å². The van der Waals surface area contributed by atoms with Gasteiger partial charge in [-0.1, -0.05) is 19.1 Å². The summed E-state index contributed by atoms with van der Waals surface area (Å²) in [6.07, 6.45) is 1.29. The van der Waals surface area contributed by atoms with E-state index in [1.54, 1.807) is 6.07 Å². The Bertz CT molecular complexity index is 558. The topological polar surface area (TPSA) is 63.8 Å². The Kier molecular flexibility index (Phi) is 4.06. The summed E-state index contributed by atoms with van der Waals surface area (Å²) in [6.45, 7) is 3.96. The number of nitrogens with one attached hydrogen (secondary N) is 1. The number of hydrogen-bond donors (Lipinski definition) is 2. The van der Waals surface area contributed by atoms with Gasteiger partial charge in [-0.3, -0.25) is 0 Å². The first-order chi connectivity index (χ1) is 9.13. The molecule has 19 heavy (non-hydrogen) atoms. The van der Waals surface area contributed by atoms with Crippen molar-refractivity contribution in [1.29, 1.82) is 0 Å². The highest BCUT2D eigenvalue weighted by molar-refractivity contribution is 5.45. The van der Waals surface area contributed by atoms with Crippen LogP contribution in [0, 0.1) is 12.7 Å². The fourth-order valence-corrected chi connectivity index (χ4v) is 2.01. The minimum atomic E-state index is -0.252. The van der Waals surface area contributed by atoms with Crippen molar-refractivity contribution in [2.24, 2.45) is 5.84 Å². The van der Waals surface area contributed by atoms with E-state index in [9.17, 15) is 4.39 Å². The largest absolute Gasteiger partial charge is 0.308 e. The molecule has 3 N–H and O–H groups in total. The molecule has 4 nitrogen and oxygen atoms in total. The number of nitrogens with zero attached hydrogens (tertiary/aromatic N) is 2. The lowest BCUT2D eigenvalue weighted by molar-refractivity contribution is 0.625. The lowest BCUT2D eigenvalue weighted by Gasteiger charge is -2.11. The van der Waals surface area contributed by atoms with Crippen molar-refractivity contribution in [3.05, 3.63) is 52.7 Å². The third-order valence-corrected chi connectivity index (χ3v) is 3.02. The molecule has 1 heterocycles. The quantitative estimate of drug-likeness (QED) is 0.654. The van der Waals surface area contributed by atoms with Crippen molar-refractivity contribution in [3.8, 4) is 0 Å². The van der Waals surface area contributed by atoms with Crippen LogP contribution in [0.5, 0.6) is 0 Å². The second-order valence-electron chi connectivity index (χ2n) is 4.36. The van der Waals surface area contributed by atoms with E-state index in [0.29, 0.717) is 18.1 Å². The Morgan fingerprint density at radius 1 is 1.32 bits per heavy atom. The van der Waals surface area contributed by atoms with Crippen molar-refractivity contribution in [3.63, 3.8) is 0 Å². The number of nitrogens with two attached hydrogens (primary N) is 1. The predicted octanol–water partition coefficient (Wildman–Crippen LogP) is 2.36. The molecule has 100 valence electrons. The molecule has 0 fully saturated rings. The Labute approximate surface area is 111 Å². The van der Waals surface area contributed by atoms with Gasteiger partial charge in [0.15, 0.2) is 0 Å². The third kappa shape index (κ3) is 3.06. The van der Waals surface area contributed by atoms with E-state index in [1.165, 1.54) is 12.1 Å². The first-order valence-corrected chi connectivity index (χ1v) is 6.21. The van der Waals surface area contributed by atoms with E-state index in [0.717, 1.165) is 23.2 Å². The van der Waals surface area contributed by atoms with Gasteiger partial charge in [0.1, 0.15) is 17.5 Å². The molecule has 0 aliphatic heterocycles. The average Bonchev–Trinajstić information content (AvgIpc) is 2.40. The van der Waals surface area contributed by atoms with Gasteiger partial charge in [-0.2, -0.15) is 0 Å². The average molecular weight is 260 g/mol. The minimum Gasteiger partial charge on any atom is -0.308 e. The minimum absolute atomic E-state index is 0.252. The van der Waals surface area contributed by atoms with Crippen LogP contribution in [0.4, 0.5) is 10.2 Å². The lowest BCUT2D eigenvalue weighted by Crippen LogP contribution is -2.14. The van der Waals surface area contributed by atoms with Gasteiger partial charge < -0.3 is 5.43 Å². The molecule has 0 spiro atoms. The lowest BCUT2D eigenvalue weighted by atomic mass is 10.1. The van der Waals surface area contributed by atoms with E-state index in [1.807, 2.05) is 19.9 Å². The molecular formula is C14H17FN4. The molecule has 0 aliphatic rings. The predicted molar refractivity (Wildman–Crippen MR) is 73.2 cm³/mol. The fourth-order valence-electron chi connectivity index (χ4n) is 2.01. The zero-order valence-electron chi connectivity index (χ0n) is 11.1. The highest BCUT2D eigenvalue weighted by atomic mass is 19.1. The summed E-state index contributed by atoms with van der Waals surface area (Å²) < 4.78 is 13.2. The molecule has 0 saturated carbocycles. The van der Waals surface area contributed by atoms with Crippen LogP contribution in [0.25, 0.3) is 0 Å². The molecule has 0 aliphatic carbocycles. The van der Waals surface area contributed by atoms with Crippen LogP contribution in [0.3, 0.4) is 0 Å². The van der Waals surface area contributed by atoms with Gasteiger partial charge in [-0.05, 0) is 31.0 Å². The van der Waals surface area contributed by atoms with E-state index in [4.69, 9.17) is 5.84 Å². The molecule has 5 heteroatoms. The summed E-state index contributed by atoms with van der Waals surface area (Å²) in [4.78, 5) is 8.85. The Hall–Kier alpha value is -2.01. The number of benzene rings is 1. The monoisotopic (exact) mass is 260 g/mol. The van der Waals surface area contributed by atoms with Crippen LogP contribution in [0.1, 0.15) is 29.6 Å². The summed E-state index contributed by atoms with van der Waals surface area (Å²) >= 11 is 0. The number of anilines is 1. The van der Waals surface area contributed by atoms with Crippen LogP contribution >= 0.6 is 0 Å². The number of aryl methyl sites for hydroxylation is 1. The van der Waals surface area contributed by atoms with Crippen molar-refractivity contribution >= 4 is 5.82 Å². The second kappa shape index (κ2) is 5.75. The molecule has 0 unspecified atom stereocenters. The highest BCUT2D eigenvalue weighted by Gasteiger charge is 2.09. The molecule has 1 aromatic carbocycles. The van der Waals surface area contributed by atoms with Crippen LogP contribution in [-0.2, 0) is 12.8 Å². The standard InChI is InChI=1S/C14H17FN4/c1-3-12-9(2)14(19-16)18-13(17-12)8-10-5-4-6-11(15)7-10/h4-7H,3,8,16H2,1-2H3,(H,17,18,19). The highest BCUT2D eigenvalue weighted by Crippen LogP contribution is 2.17. The molecule has 0 radical (unpaired) electrons. The summed E-state index contributed by atoms with van der Waals surface area (Å²) in [5, 5.41) is 0. The van der Waals surface area contributed by atoms with E-state index in [2.05, 4.69) is 15.4 Å². The van der Waals surface area contributed by atoms with E-state index in [-0.39, 0.29) is 5.82 Å². The SMILES string of the molecule is CCc1nc(Cc2cccc(F)c2)nc(NN)c1C. The maximum Gasteiger partial charge on any atom is 0.146 e. The van der Waals surface area contributed by atoms with Crippen molar-refractivity contribution in [2.45, 2.75) is 26.7 Å². The molecule has 0 atom stereocenters. The molecule has 2 rings (SSSR count).